The van der Waals surface area contributed by atoms with Gasteiger partial charge in [-0.1, -0.05) is 6.07 Å². The number of hydrogen-bond donors (Lipinski definition) is 1. The lowest BCUT2D eigenvalue weighted by Crippen LogP contribution is -2.55. The molecule has 3 rings (SSSR count). The Balaban J connectivity index is 1.54. The minimum Gasteiger partial charge on any atom is -0.497 e. The number of anilines is 1. The van der Waals surface area contributed by atoms with E-state index in [2.05, 4.69) is 44.6 Å². The molecule has 150 valence electrons. The Bertz CT molecular complexity index is 626. The van der Waals surface area contributed by atoms with Crippen LogP contribution in [0.3, 0.4) is 0 Å². The van der Waals surface area contributed by atoms with Crippen molar-refractivity contribution in [2.75, 3.05) is 71.3 Å². The molecule has 1 N–H and O–H groups in total. The van der Waals surface area contributed by atoms with Gasteiger partial charge in [-0.25, -0.2) is 0 Å². The first-order chi connectivity index (χ1) is 13.2. The average Bonchev–Trinajstić information content (AvgIpc) is 2.75. The quantitative estimate of drug-likeness (QED) is 0.613. The summed E-state index contributed by atoms with van der Waals surface area (Å²) in [5, 5.41) is 3.63. The molecule has 0 amide bonds. The molecule has 0 saturated carbocycles. The van der Waals surface area contributed by atoms with Gasteiger partial charge in [-0.2, -0.15) is 11.8 Å². The Morgan fingerprint density at radius 2 is 2.00 bits per heavy atom. The number of methoxy groups -OCH3 is 1. The summed E-state index contributed by atoms with van der Waals surface area (Å²) in [4.78, 5) is 9.32. The number of thioether (sulfide) groups is 1. The monoisotopic (exact) mass is 392 g/mol. The molecule has 27 heavy (non-hydrogen) atoms. The van der Waals surface area contributed by atoms with Crippen LogP contribution in [-0.2, 0) is 4.74 Å². The normalized spacial score (nSPS) is 20.5. The maximum Gasteiger partial charge on any atom is 0.193 e. The van der Waals surface area contributed by atoms with Crippen LogP contribution in [0.5, 0.6) is 5.75 Å². The van der Waals surface area contributed by atoms with Gasteiger partial charge in [0.25, 0.3) is 0 Å². The molecule has 0 aliphatic carbocycles. The van der Waals surface area contributed by atoms with Crippen molar-refractivity contribution in [1.29, 1.82) is 0 Å². The lowest BCUT2D eigenvalue weighted by molar-refractivity contribution is 0.0781. The highest BCUT2D eigenvalue weighted by molar-refractivity contribution is 8.00. The first kappa shape index (κ1) is 20.1. The summed E-state index contributed by atoms with van der Waals surface area (Å²) >= 11 is 1.96. The van der Waals surface area contributed by atoms with E-state index >= 15 is 0 Å². The molecule has 0 unspecified atom stereocenters. The van der Waals surface area contributed by atoms with Crippen molar-refractivity contribution in [1.82, 2.24) is 10.2 Å². The predicted octanol–water partition coefficient (Wildman–Crippen LogP) is 2.30. The highest BCUT2D eigenvalue weighted by Gasteiger charge is 2.32. The topological polar surface area (TPSA) is 49.3 Å². The fourth-order valence-electron chi connectivity index (χ4n) is 3.75. The number of hydrogen-bond acceptors (Lipinski definition) is 5. The molecule has 2 aliphatic heterocycles. The van der Waals surface area contributed by atoms with Gasteiger partial charge in [-0.05, 0) is 31.2 Å². The van der Waals surface area contributed by atoms with Gasteiger partial charge in [0.1, 0.15) is 5.75 Å². The first-order valence-electron chi connectivity index (χ1n) is 9.67. The molecule has 0 atom stereocenters. The number of rotatable bonds is 5. The molecule has 0 bridgehead atoms. The van der Waals surface area contributed by atoms with Gasteiger partial charge >= 0.3 is 0 Å². The number of benzene rings is 1. The molecule has 6 nitrogen and oxygen atoms in total. The maximum absolute atomic E-state index is 5.55. The third-order valence-electron chi connectivity index (χ3n) is 5.62. The second-order valence-electron chi connectivity index (χ2n) is 7.08. The molecule has 0 aromatic heterocycles. The molecule has 2 heterocycles. The van der Waals surface area contributed by atoms with Gasteiger partial charge < -0.3 is 24.6 Å². The van der Waals surface area contributed by atoms with E-state index in [0.29, 0.717) is 0 Å². The smallest absolute Gasteiger partial charge is 0.193 e. The summed E-state index contributed by atoms with van der Waals surface area (Å²) in [5.41, 5.74) is 1.22. The Hall–Kier alpha value is -1.60. The van der Waals surface area contributed by atoms with Crippen molar-refractivity contribution in [3.8, 4) is 5.75 Å². The van der Waals surface area contributed by atoms with E-state index < -0.39 is 0 Å². The third-order valence-corrected chi connectivity index (χ3v) is 7.03. The second-order valence-corrected chi connectivity index (χ2v) is 8.35. The zero-order valence-corrected chi connectivity index (χ0v) is 17.6. The lowest BCUT2D eigenvalue weighted by Gasteiger charge is -2.40. The zero-order chi connectivity index (χ0) is 19.1. The molecule has 7 heteroatoms. The van der Waals surface area contributed by atoms with Crippen LogP contribution in [0.2, 0.25) is 0 Å². The van der Waals surface area contributed by atoms with E-state index in [1.807, 2.05) is 24.9 Å². The fourth-order valence-corrected chi connectivity index (χ4v) is 4.54. The zero-order valence-electron chi connectivity index (χ0n) is 16.7. The first-order valence-corrected chi connectivity index (χ1v) is 10.9. The Morgan fingerprint density at radius 1 is 1.26 bits per heavy atom. The van der Waals surface area contributed by atoms with Gasteiger partial charge in [-0.15, -0.1) is 0 Å². The molecule has 2 fully saturated rings. The number of guanidine groups is 1. The second kappa shape index (κ2) is 9.55. The van der Waals surface area contributed by atoms with Crippen LogP contribution in [0, 0.1) is 0 Å². The molecule has 0 radical (unpaired) electrons. The summed E-state index contributed by atoms with van der Waals surface area (Å²) in [6, 6.07) is 8.30. The number of ether oxygens (including phenoxy) is 2. The SMILES string of the molecule is CN=C(NCC1(SC)CCOCC1)N1CCN(c2cccc(OC)c2)CC1. The number of piperazine rings is 1. The van der Waals surface area contributed by atoms with Crippen LogP contribution in [0.1, 0.15) is 12.8 Å². The summed E-state index contributed by atoms with van der Waals surface area (Å²) in [6.07, 6.45) is 4.41. The average molecular weight is 393 g/mol. The number of nitrogens with one attached hydrogen (secondary N) is 1. The third kappa shape index (κ3) is 5.02. The van der Waals surface area contributed by atoms with Crippen LogP contribution in [-0.4, -0.2) is 82.0 Å². The summed E-state index contributed by atoms with van der Waals surface area (Å²) in [6.45, 7) is 6.56. The van der Waals surface area contributed by atoms with Crippen molar-refractivity contribution >= 4 is 23.4 Å². The molecule has 1 aromatic carbocycles. The van der Waals surface area contributed by atoms with Crippen LogP contribution < -0.4 is 15.0 Å². The van der Waals surface area contributed by atoms with Gasteiger partial charge in [0.05, 0.1) is 7.11 Å². The molecular weight excluding hydrogens is 360 g/mol. The van der Waals surface area contributed by atoms with E-state index in [0.717, 1.165) is 70.5 Å². The van der Waals surface area contributed by atoms with Crippen molar-refractivity contribution in [3.05, 3.63) is 24.3 Å². The van der Waals surface area contributed by atoms with Gasteiger partial charge in [-0.3, -0.25) is 4.99 Å². The van der Waals surface area contributed by atoms with E-state index in [1.165, 1.54) is 5.69 Å². The maximum atomic E-state index is 5.55. The van der Waals surface area contributed by atoms with Crippen molar-refractivity contribution in [3.63, 3.8) is 0 Å². The fraction of sp³-hybridized carbons (Fsp3) is 0.650. The van der Waals surface area contributed by atoms with E-state index in [1.54, 1.807) is 7.11 Å². The van der Waals surface area contributed by atoms with E-state index in [4.69, 9.17) is 9.47 Å². The van der Waals surface area contributed by atoms with Crippen LogP contribution in [0.25, 0.3) is 0 Å². The molecule has 0 spiro atoms. The molecular formula is C20H32N4O2S. The Kier molecular flexibility index (Phi) is 7.13. The predicted molar refractivity (Wildman–Crippen MR) is 114 cm³/mol. The molecule has 2 aliphatic rings. The number of aliphatic imine (C=N–C) groups is 1. The van der Waals surface area contributed by atoms with Crippen molar-refractivity contribution in [2.45, 2.75) is 17.6 Å². The van der Waals surface area contributed by atoms with Crippen molar-refractivity contribution in [2.24, 2.45) is 4.99 Å². The van der Waals surface area contributed by atoms with Crippen LogP contribution >= 0.6 is 11.8 Å². The summed E-state index contributed by atoms with van der Waals surface area (Å²) < 4.78 is 11.2. The molecule has 1 aromatic rings. The Labute approximate surface area is 167 Å². The highest BCUT2D eigenvalue weighted by Crippen LogP contribution is 2.33. The molecule has 2 saturated heterocycles. The number of nitrogens with zero attached hydrogens (tertiary/aromatic N) is 3. The highest BCUT2D eigenvalue weighted by atomic mass is 32.2. The van der Waals surface area contributed by atoms with Gasteiger partial charge in [0.2, 0.25) is 0 Å². The van der Waals surface area contributed by atoms with Gasteiger partial charge in [0, 0.05) is 69.5 Å². The van der Waals surface area contributed by atoms with E-state index in [9.17, 15) is 0 Å². The summed E-state index contributed by atoms with van der Waals surface area (Å²) in [5.74, 6) is 1.92. The lowest BCUT2D eigenvalue weighted by atomic mass is 9.99. The summed E-state index contributed by atoms with van der Waals surface area (Å²) in [7, 11) is 3.60. The van der Waals surface area contributed by atoms with Gasteiger partial charge in [0.15, 0.2) is 5.96 Å². The minimum absolute atomic E-state index is 0.261. The minimum atomic E-state index is 0.261. The van der Waals surface area contributed by atoms with E-state index in [-0.39, 0.29) is 4.75 Å². The van der Waals surface area contributed by atoms with Crippen LogP contribution in [0.15, 0.2) is 29.3 Å². The Morgan fingerprint density at radius 3 is 2.63 bits per heavy atom. The standard InChI is InChI=1S/C20H32N4O2S/c1-21-19(22-16-20(27-3)7-13-26-14-8-20)24-11-9-23(10-12-24)17-5-4-6-18(15-17)25-2/h4-6,15H,7-14,16H2,1-3H3,(H,21,22). The van der Waals surface area contributed by atoms with Crippen molar-refractivity contribution < 1.29 is 9.47 Å². The van der Waals surface area contributed by atoms with Crippen LogP contribution in [0.4, 0.5) is 5.69 Å². The largest absolute Gasteiger partial charge is 0.497 e.